The van der Waals surface area contributed by atoms with E-state index >= 15 is 0 Å². The van der Waals surface area contributed by atoms with Crippen molar-refractivity contribution in [1.82, 2.24) is 4.90 Å². The number of ether oxygens (including phenoxy) is 1. The molecule has 1 heterocycles. The van der Waals surface area contributed by atoms with Gasteiger partial charge in [0.1, 0.15) is 5.76 Å². The van der Waals surface area contributed by atoms with E-state index in [2.05, 4.69) is 6.58 Å². The predicted molar refractivity (Wildman–Crippen MR) is 58.1 cm³/mol. The van der Waals surface area contributed by atoms with Crippen LogP contribution in [0.25, 0.3) is 0 Å². The van der Waals surface area contributed by atoms with E-state index < -0.39 is 0 Å². The summed E-state index contributed by atoms with van der Waals surface area (Å²) in [6.07, 6.45) is 6.76. The highest BCUT2D eigenvalue weighted by molar-refractivity contribution is 5.97. The summed E-state index contributed by atoms with van der Waals surface area (Å²) in [6, 6.07) is 0. The van der Waals surface area contributed by atoms with Gasteiger partial charge in [-0.1, -0.05) is 12.7 Å². The smallest absolute Gasteiger partial charge is 0.249 e. The first-order valence-electron chi connectivity index (χ1n) is 4.97. The first-order valence-corrected chi connectivity index (χ1v) is 4.97. The number of carbonyl (C=O) groups is 1. The second kappa shape index (κ2) is 3.26. The number of rotatable bonds is 1. The molecular weight excluding hydrogens is 190 g/mol. The fourth-order valence-corrected chi connectivity index (χ4v) is 2.19. The largest absolute Gasteiger partial charge is 0.497 e. The van der Waals surface area contributed by atoms with Gasteiger partial charge >= 0.3 is 0 Å². The van der Waals surface area contributed by atoms with E-state index in [1.807, 2.05) is 25.3 Å². The molecule has 1 saturated heterocycles. The van der Waals surface area contributed by atoms with E-state index in [1.165, 1.54) is 0 Å². The lowest BCUT2D eigenvalue weighted by molar-refractivity contribution is -0.123. The number of likely N-dealkylation sites (N-methyl/N-ethyl adjacent to an activating group) is 1. The Morgan fingerprint density at radius 1 is 1.60 bits per heavy atom. The lowest BCUT2D eigenvalue weighted by Gasteiger charge is -2.26. The molecule has 1 spiro atoms. The highest BCUT2D eigenvalue weighted by atomic mass is 16.5. The molecule has 15 heavy (non-hydrogen) atoms. The minimum atomic E-state index is -0.201. The van der Waals surface area contributed by atoms with Gasteiger partial charge in [-0.15, -0.1) is 0 Å². The van der Waals surface area contributed by atoms with Crippen LogP contribution < -0.4 is 0 Å². The lowest BCUT2D eigenvalue weighted by Crippen LogP contribution is -2.25. The summed E-state index contributed by atoms with van der Waals surface area (Å²) >= 11 is 0. The molecule has 2 aliphatic rings. The van der Waals surface area contributed by atoms with Crippen LogP contribution in [0.2, 0.25) is 0 Å². The number of nitrogens with zero attached hydrogens (tertiary/aromatic N) is 1. The third-order valence-electron chi connectivity index (χ3n) is 3.20. The van der Waals surface area contributed by atoms with E-state index in [4.69, 9.17) is 4.74 Å². The van der Waals surface area contributed by atoms with Crippen molar-refractivity contribution in [2.24, 2.45) is 5.41 Å². The summed E-state index contributed by atoms with van der Waals surface area (Å²) in [5.41, 5.74) is 0.487. The van der Waals surface area contributed by atoms with Crippen LogP contribution >= 0.6 is 0 Å². The van der Waals surface area contributed by atoms with Gasteiger partial charge in [0.25, 0.3) is 0 Å². The van der Waals surface area contributed by atoms with Gasteiger partial charge in [-0.3, -0.25) is 4.79 Å². The average Bonchev–Trinajstić information content (AvgIpc) is 2.45. The summed E-state index contributed by atoms with van der Waals surface area (Å²) < 4.78 is 5.13. The van der Waals surface area contributed by atoms with Crippen LogP contribution in [0.4, 0.5) is 0 Å². The van der Waals surface area contributed by atoms with Crippen molar-refractivity contribution in [3.8, 4) is 0 Å². The lowest BCUT2D eigenvalue weighted by atomic mass is 9.77. The molecule has 1 amide bonds. The summed E-state index contributed by atoms with van der Waals surface area (Å²) in [4.78, 5) is 13.4. The zero-order valence-corrected chi connectivity index (χ0v) is 9.12. The molecule has 3 heteroatoms. The van der Waals surface area contributed by atoms with E-state index in [0.29, 0.717) is 12.1 Å². The molecule has 3 nitrogen and oxygen atoms in total. The van der Waals surface area contributed by atoms with Gasteiger partial charge in [-0.25, -0.2) is 0 Å². The number of methoxy groups -OCH3 is 1. The second-order valence-electron chi connectivity index (χ2n) is 4.14. The van der Waals surface area contributed by atoms with E-state index in [-0.39, 0.29) is 11.3 Å². The Morgan fingerprint density at radius 2 is 2.33 bits per heavy atom. The normalized spacial score (nSPS) is 30.0. The molecule has 0 aromatic rings. The molecule has 1 aliphatic carbocycles. The van der Waals surface area contributed by atoms with Crippen molar-refractivity contribution in [2.75, 3.05) is 20.7 Å². The zero-order chi connectivity index (χ0) is 11.1. The fourth-order valence-electron chi connectivity index (χ4n) is 2.19. The molecule has 0 radical (unpaired) electrons. The van der Waals surface area contributed by atoms with Gasteiger partial charge < -0.3 is 9.64 Å². The van der Waals surface area contributed by atoms with Gasteiger partial charge in [0.05, 0.1) is 7.11 Å². The number of allylic oxidation sites excluding steroid dienone is 2. The minimum Gasteiger partial charge on any atom is -0.497 e. The molecule has 1 atom stereocenters. The molecule has 2 rings (SSSR count). The Hall–Kier alpha value is -1.51. The molecule has 1 fully saturated rings. The summed E-state index contributed by atoms with van der Waals surface area (Å²) in [7, 11) is 3.46. The molecule has 0 aromatic carbocycles. The Balaban J connectivity index is 2.26. The molecule has 0 saturated carbocycles. The van der Waals surface area contributed by atoms with Crippen molar-refractivity contribution in [2.45, 2.75) is 6.42 Å². The fraction of sp³-hybridized carbons (Fsp3) is 0.417. The van der Waals surface area contributed by atoms with E-state index in [9.17, 15) is 4.79 Å². The summed E-state index contributed by atoms with van der Waals surface area (Å²) in [5.74, 6) is 0.907. The SMILES string of the molecule is C=C1C(=O)N(C)CC12C=CC(OC)=CC2. The van der Waals surface area contributed by atoms with Gasteiger partial charge in [-0.2, -0.15) is 0 Å². The molecule has 80 valence electrons. The Bertz CT molecular complexity index is 381. The first kappa shape index (κ1) is 10.0. The number of carbonyl (C=O) groups excluding carboxylic acids is 1. The molecule has 1 unspecified atom stereocenters. The van der Waals surface area contributed by atoms with Crippen molar-refractivity contribution >= 4 is 5.91 Å². The zero-order valence-electron chi connectivity index (χ0n) is 9.12. The molecular formula is C12H15NO2. The number of amides is 1. The average molecular weight is 205 g/mol. The Labute approximate surface area is 89.7 Å². The van der Waals surface area contributed by atoms with Gasteiger partial charge in [0.2, 0.25) is 5.91 Å². The van der Waals surface area contributed by atoms with Crippen LogP contribution in [0, 0.1) is 5.41 Å². The van der Waals surface area contributed by atoms with Crippen molar-refractivity contribution in [3.05, 3.63) is 36.1 Å². The maximum atomic E-state index is 11.7. The van der Waals surface area contributed by atoms with Gasteiger partial charge in [0, 0.05) is 24.6 Å². The highest BCUT2D eigenvalue weighted by Crippen LogP contribution is 2.42. The van der Waals surface area contributed by atoms with Crippen molar-refractivity contribution in [3.63, 3.8) is 0 Å². The van der Waals surface area contributed by atoms with E-state index in [1.54, 1.807) is 12.0 Å². The van der Waals surface area contributed by atoms with Crippen molar-refractivity contribution in [1.29, 1.82) is 0 Å². The van der Waals surface area contributed by atoms with Crippen LogP contribution in [0.3, 0.4) is 0 Å². The van der Waals surface area contributed by atoms with E-state index in [0.717, 1.165) is 12.2 Å². The number of likely N-dealkylation sites (tertiary alicyclic amines) is 1. The van der Waals surface area contributed by atoms with Crippen molar-refractivity contribution < 1.29 is 9.53 Å². The number of hydrogen-bond acceptors (Lipinski definition) is 2. The quantitative estimate of drug-likeness (QED) is 0.607. The second-order valence-corrected chi connectivity index (χ2v) is 4.14. The number of hydrogen-bond donors (Lipinski definition) is 0. The van der Waals surface area contributed by atoms with Gasteiger partial charge in [-0.05, 0) is 18.6 Å². The Morgan fingerprint density at radius 3 is 2.73 bits per heavy atom. The maximum absolute atomic E-state index is 11.7. The molecule has 0 bridgehead atoms. The maximum Gasteiger partial charge on any atom is 0.249 e. The van der Waals surface area contributed by atoms with Crippen LogP contribution in [0.1, 0.15) is 6.42 Å². The van der Waals surface area contributed by atoms with Crippen LogP contribution in [0.15, 0.2) is 36.1 Å². The molecule has 0 N–H and O–H groups in total. The van der Waals surface area contributed by atoms with Crippen LogP contribution in [0.5, 0.6) is 0 Å². The summed E-state index contributed by atoms with van der Waals surface area (Å²) in [6.45, 7) is 4.62. The standard InChI is InChI=1S/C12H15NO2/c1-9-11(14)13(2)8-12(9)6-4-10(15-3)5-7-12/h4-6H,1,7-8H2,2-3H3. The molecule has 1 aliphatic heterocycles. The minimum absolute atomic E-state index is 0.0499. The van der Waals surface area contributed by atoms with Gasteiger partial charge in [0.15, 0.2) is 0 Å². The molecule has 0 aromatic heterocycles. The summed E-state index contributed by atoms with van der Waals surface area (Å²) in [5, 5.41) is 0. The van der Waals surface area contributed by atoms with Crippen LogP contribution in [-0.4, -0.2) is 31.5 Å². The Kier molecular flexibility index (Phi) is 2.18. The third kappa shape index (κ3) is 1.39. The predicted octanol–water partition coefficient (Wildman–Crippen LogP) is 1.49. The monoisotopic (exact) mass is 205 g/mol. The highest BCUT2D eigenvalue weighted by Gasteiger charge is 2.43. The first-order chi connectivity index (χ1) is 7.09. The third-order valence-corrected chi connectivity index (χ3v) is 3.20. The topological polar surface area (TPSA) is 29.5 Å². The van der Waals surface area contributed by atoms with Crippen LogP contribution in [-0.2, 0) is 9.53 Å².